The van der Waals surface area contributed by atoms with Crippen molar-refractivity contribution in [3.05, 3.63) is 0 Å². The first-order valence-electron chi connectivity index (χ1n) is 4.23. The van der Waals surface area contributed by atoms with Crippen LogP contribution in [-0.2, 0) is 4.74 Å². The van der Waals surface area contributed by atoms with Gasteiger partial charge < -0.3 is 10.5 Å². The highest BCUT2D eigenvalue weighted by molar-refractivity contribution is 4.65. The minimum absolute atomic E-state index is 0.559. The molecule has 1 saturated heterocycles. The monoisotopic (exact) mass is 144 g/mol. The summed E-state index contributed by atoms with van der Waals surface area (Å²) in [5.74, 6) is 0. The minimum Gasteiger partial charge on any atom is -0.378 e. The summed E-state index contributed by atoms with van der Waals surface area (Å²) in [5.41, 5.74) is 3.94. The van der Waals surface area contributed by atoms with Crippen molar-refractivity contribution in [1.29, 1.82) is 0 Å². The average molecular weight is 144 g/mol. The van der Waals surface area contributed by atoms with E-state index in [0.717, 1.165) is 6.61 Å². The summed E-state index contributed by atoms with van der Waals surface area (Å²) in [7, 11) is 0. The molecule has 10 heavy (non-hydrogen) atoms. The van der Waals surface area contributed by atoms with Crippen molar-refractivity contribution in [2.24, 2.45) is 0 Å². The van der Waals surface area contributed by atoms with E-state index < -0.39 is 0 Å². The summed E-state index contributed by atoms with van der Waals surface area (Å²) >= 11 is 0. The summed E-state index contributed by atoms with van der Waals surface area (Å²) in [6, 6.07) is 0.587. The molecule has 0 aromatic rings. The van der Waals surface area contributed by atoms with E-state index in [1.807, 2.05) is 0 Å². The van der Waals surface area contributed by atoms with Gasteiger partial charge >= 0.3 is 0 Å². The second-order valence-electron chi connectivity index (χ2n) is 3.32. The Hall–Kier alpha value is -0.0800. The Morgan fingerprint density at radius 2 is 2.50 bits per heavy atom. The van der Waals surface area contributed by atoms with Gasteiger partial charge in [0, 0.05) is 13.0 Å². The maximum absolute atomic E-state index is 5.48. The predicted molar refractivity (Wildman–Crippen MR) is 40.6 cm³/mol. The molecule has 0 aromatic heterocycles. The topological polar surface area (TPSA) is 36.9 Å². The van der Waals surface area contributed by atoms with Crippen LogP contribution < -0.4 is 5.73 Å². The summed E-state index contributed by atoms with van der Waals surface area (Å²) in [6.45, 7) is 3.14. The van der Waals surface area contributed by atoms with Gasteiger partial charge in [0.15, 0.2) is 0 Å². The van der Waals surface area contributed by atoms with E-state index in [1.165, 1.54) is 25.7 Å². The lowest BCUT2D eigenvalue weighted by atomic mass is 10.1. The fourth-order valence-electron chi connectivity index (χ4n) is 1.34. The zero-order valence-electron chi connectivity index (χ0n) is 6.81. The van der Waals surface area contributed by atoms with Crippen molar-refractivity contribution < 1.29 is 10.5 Å². The Balaban J connectivity index is 2.01. The van der Waals surface area contributed by atoms with Crippen molar-refractivity contribution in [3.8, 4) is 0 Å². The van der Waals surface area contributed by atoms with Crippen molar-refractivity contribution in [3.63, 3.8) is 0 Å². The Morgan fingerprint density at radius 3 is 3.00 bits per heavy atom. The fraction of sp³-hybridized carbons (Fsp3) is 1.00. The number of hydrogen-bond acceptors (Lipinski definition) is 1. The van der Waals surface area contributed by atoms with E-state index in [4.69, 9.17) is 4.74 Å². The fourth-order valence-corrected chi connectivity index (χ4v) is 1.34. The summed E-state index contributed by atoms with van der Waals surface area (Å²) in [4.78, 5) is 0. The molecule has 0 aliphatic carbocycles. The number of rotatable bonds is 3. The Kier molecular flexibility index (Phi) is 3.16. The van der Waals surface area contributed by atoms with Gasteiger partial charge in [-0.2, -0.15) is 0 Å². The van der Waals surface area contributed by atoms with Crippen molar-refractivity contribution in [2.75, 3.05) is 6.61 Å². The second-order valence-corrected chi connectivity index (χ2v) is 3.32. The molecule has 1 fully saturated rings. The van der Waals surface area contributed by atoms with Crippen LogP contribution in [0.1, 0.15) is 32.6 Å². The molecule has 1 rings (SSSR count). The molecule has 1 aliphatic heterocycles. The summed E-state index contributed by atoms with van der Waals surface area (Å²) in [5, 5.41) is 0. The van der Waals surface area contributed by atoms with Crippen LogP contribution in [0.4, 0.5) is 0 Å². The SMILES string of the molecule is C[C@H]([NH3+])CC[C@H]1CCCO1. The van der Waals surface area contributed by atoms with Crippen LogP contribution >= 0.6 is 0 Å². The van der Waals surface area contributed by atoms with Gasteiger partial charge in [0.1, 0.15) is 0 Å². The molecule has 3 N–H and O–H groups in total. The maximum Gasteiger partial charge on any atom is 0.0816 e. The van der Waals surface area contributed by atoms with Crippen molar-refractivity contribution >= 4 is 0 Å². The largest absolute Gasteiger partial charge is 0.378 e. The Morgan fingerprint density at radius 1 is 1.70 bits per heavy atom. The van der Waals surface area contributed by atoms with Crippen LogP contribution in [0.15, 0.2) is 0 Å². The second kappa shape index (κ2) is 3.94. The first-order chi connectivity index (χ1) is 4.79. The third-order valence-electron chi connectivity index (χ3n) is 2.01. The number of hydrogen-bond donors (Lipinski definition) is 1. The minimum atomic E-state index is 0.559. The molecule has 2 atom stereocenters. The summed E-state index contributed by atoms with van der Waals surface area (Å²) < 4.78 is 5.48. The highest BCUT2D eigenvalue weighted by Crippen LogP contribution is 2.16. The molecule has 0 saturated carbocycles. The van der Waals surface area contributed by atoms with E-state index in [0.29, 0.717) is 12.1 Å². The smallest absolute Gasteiger partial charge is 0.0816 e. The van der Waals surface area contributed by atoms with Gasteiger partial charge in [-0.15, -0.1) is 0 Å². The summed E-state index contributed by atoms with van der Waals surface area (Å²) in [6.07, 6.45) is 5.52. The molecule has 1 aliphatic rings. The van der Waals surface area contributed by atoms with Crippen LogP contribution in [-0.4, -0.2) is 18.8 Å². The molecule has 1 heterocycles. The van der Waals surface area contributed by atoms with E-state index >= 15 is 0 Å². The zero-order valence-corrected chi connectivity index (χ0v) is 6.81. The van der Waals surface area contributed by atoms with Gasteiger partial charge in [0.25, 0.3) is 0 Å². The van der Waals surface area contributed by atoms with Crippen LogP contribution in [0.5, 0.6) is 0 Å². The normalized spacial score (nSPS) is 28.8. The van der Waals surface area contributed by atoms with E-state index in [9.17, 15) is 0 Å². The molecule has 2 heteroatoms. The van der Waals surface area contributed by atoms with Crippen LogP contribution in [0.25, 0.3) is 0 Å². The third-order valence-corrected chi connectivity index (χ3v) is 2.01. The van der Waals surface area contributed by atoms with Crippen LogP contribution in [0, 0.1) is 0 Å². The van der Waals surface area contributed by atoms with Crippen molar-refractivity contribution in [2.45, 2.75) is 44.8 Å². The molecule has 0 amide bonds. The Bertz CT molecular complexity index is 87.3. The lowest BCUT2D eigenvalue weighted by Gasteiger charge is -2.08. The zero-order chi connectivity index (χ0) is 7.40. The highest BCUT2D eigenvalue weighted by Gasteiger charge is 2.15. The molecule has 60 valence electrons. The molecule has 0 aromatic carbocycles. The first kappa shape index (κ1) is 8.02. The molecule has 0 radical (unpaired) electrons. The van der Waals surface area contributed by atoms with Crippen LogP contribution in [0.2, 0.25) is 0 Å². The van der Waals surface area contributed by atoms with Gasteiger partial charge in [0.2, 0.25) is 0 Å². The molecular formula is C8H18NO+. The number of ether oxygens (including phenoxy) is 1. The van der Waals surface area contributed by atoms with Gasteiger partial charge in [-0.1, -0.05) is 0 Å². The third kappa shape index (κ3) is 2.67. The average Bonchev–Trinajstić information content (AvgIpc) is 2.34. The number of quaternary nitrogens is 1. The van der Waals surface area contributed by atoms with Crippen LogP contribution in [0.3, 0.4) is 0 Å². The standard InChI is InChI=1S/C8H17NO/c1-7(9)4-5-8-3-2-6-10-8/h7-8H,2-6,9H2,1H3/p+1/t7-,8+/m0/s1. The molecule has 0 bridgehead atoms. The first-order valence-corrected chi connectivity index (χ1v) is 4.23. The van der Waals surface area contributed by atoms with E-state index in [2.05, 4.69) is 12.7 Å². The van der Waals surface area contributed by atoms with Gasteiger partial charge in [-0.3, -0.25) is 0 Å². The van der Waals surface area contributed by atoms with Crippen molar-refractivity contribution in [1.82, 2.24) is 0 Å². The van der Waals surface area contributed by atoms with Gasteiger partial charge in [-0.25, -0.2) is 0 Å². The maximum atomic E-state index is 5.48. The van der Waals surface area contributed by atoms with Gasteiger partial charge in [-0.05, 0) is 26.2 Å². The quantitative estimate of drug-likeness (QED) is 0.618. The lowest BCUT2D eigenvalue weighted by Crippen LogP contribution is -2.59. The lowest BCUT2D eigenvalue weighted by molar-refractivity contribution is -0.415. The Labute approximate surface area is 62.7 Å². The molecular weight excluding hydrogens is 126 g/mol. The molecule has 2 nitrogen and oxygen atoms in total. The van der Waals surface area contributed by atoms with E-state index in [-0.39, 0.29) is 0 Å². The molecule has 0 spiro atoms. The van der Waals surface area contributed by atoms with Gasteiger partial charge in [0.05, 0.1) is 12.1 Å². The molecule has 0 unspecified atom stereocenters. The highest BCUT2D eigenvalue weighted by atomic mass is 16.5. The predicted octanol–water partition coefficient (Wildman–Crippen LogP) is 0.576. The van der Waals surface area contributed by atoms with E-state index in [1.54, 1.807) is 0 Å².